The van der Waals surface area contributed by atoms with Crippen LogP contribution < -0.4 is 5.73 Å². The molecule has 4 heteroatoms. The molecule has 14 heavy (non-hydrogen) atoms. The molecule has 0 saturated carbocycles. The van der Waals surface area contributed by atoms with E-state index in [1.54, 1.807) is 0 Å². The summed E-state index contributed by atoms with van der Waals surface area (Å²) in [6, 6.07) is 0.122. The molecule has 0 amide bonds. The lowest BCUT2D eigenvalue weighted by Crippen LogP contribution is -2.43. The van der Waals surface area contributed by atoms with E-state index in [4.69, 9.17) is 10.9 Å². The molecule has 1 heterocycles. The molecule has 1 aliphatic heterocycles. The summed E-state index contributed by atoms with van der Waals surface area (Å²) in [5.41, 5.74) is 5.65. The van der Waals surface area contributed by atoms with Gasteiger partial charge in [-0.15, -0.1) is 0 Å². The third-order valence-corrected chi connectivity index (χ3v) is 3.18. The molecule has 1 rings (SSSR count). The predicted octanol–water partition coefficient (Wildman–Crippen LogP) is 1.24. The fraction of sp³-hybridized carbons (Fsp3) is 0.900. The Kier molecular flexibility index (Phi) is 4.20. The second kappa shape index (κ2) is 5.20. The maximum Gasteiger partial charge on any atom is 0.156 e. The van der Waals surface area contributed by atoms with E-state index >= 15 is 0 Å². The highest BCUT2D eigenvalue weighted by Crippen LogP contribution is 2.22. The summed E-state index contributed by atoms with van der Waals surface area (Å²) in [5, 5.41) is 11.8. The minimum Gasteiger partial charge on any atom is -0.409 e. The first kappa shape index (κ1) is 11.3. The summed E-state index contributed by atoms with van der Waals surface area (Å²) >= 11 is 0. The van der Waals surface area contributed by atoms with Crippen LogP contribution >= 0.6 is 0 Å². The smallest absolute Gasteiger partial charge is 0.156 e. The van der Waals surface area contributed by atoms with Crippen LogP contribution in [0.3, 0.4) is 0 Å². The predicted molar refractivity (Wildman–Crippen MR) is 57.5 cm³/mol. The van der Waals surface area contributed by atoms with Crippen molar-refractivity contribution in [2.45, 2.75) is 39.2 Å². The van der Waals surface area contributed by atoms with E-state index < -0.39 is 0 Å². The Morgan fingerprint density at radius 2 is 2.36 bits per heavy atom. The average Bonchev–Trinajstić information content (AvgIpc) is 2.67. The van der Waals surface area contributed by atoms with Crippen molar-refractivity contribution in [3.8, 4) is 0 Å². The lowest BCUT2D eigenvalue weighted by molar-refractivity contribution is 0.263. The molecule has 4 nitrogen and oxygen atoms in total. The SMILES string of the molecule is CCC1CCN(C(CC)C(N)=NO)C1. The van der Waals surface area contributed by atoms with Gasteiger partial charge in [-0.2, -0.15) is 0 Å². The first-order valence-electron chi connectivity index (χ1n) is 5.44. The lowest BCUT2D eigenvalue weighted by atomic mass is 10.1. The minimum absolute atomic E-state index is 0.122. The van der Waals surface area contributed by atoms with Crippen molar-refractivity contribution >= 4 is 5.84 Å². The quantitative estimate of drug-likeness (QED) is 0.310. The van der Waals surface area contributed by atoms with Gasteiger partial charge >= 0.3 is 0 Å². The molecule has 3 N–H and O–H groups in total. The Bertz CT molecular complexity index is 206. The first-order valence-corrected chi connectivity index (χ1v) is 5.44. The first-order chi connectivity index (χ1) is 6.72. The van der Waals surface area contributed by atoms with Crippen molar-refractivity contribution < 1.29 is 5.21 Å². The van der Waals surface area contributed by atoms with Gasteiger partial charge in [-0.3, -0.25) is 4.90 Å². The molecule has 0 spiro atoms. The van der Waals surface area contributed by atoms with Crippen molar-refractivity contribution in [2.24, 2.45) is 16.8 Å². The molecule has 0 radical (unpaired) electrons. The van der Waals surface area contributed by atoms with Crippen molar-refractivity contribution in [1.29, 1.82) is 0 Å². The third-order valence-electron chi connectivity index (χ3n) is 3.18. The molecule has 0 bridgehead atoms. The van der Waals surface area contributed by atoms with E-state index in [0.717, 1.165) is 25.4 Å². The summed E-state index contributed by atoms with van der Waals surface area (Å²) < 4.78 is 0. The summed E-state index contributed by atoms with van der Waals surface area (Å²) in [7, 11) is 0. The number of nitrogens with two attached hydrogens (primary N) is 1. The Morgan fingerprint density at radius 3 is 2.79 bits per heavy atom. The highest BCUT2D eigenvalue weighted by molar-refractivity contribution is 5.85. The standard InChI is InChI=1S/C10H21N3O/c1-3-8-5-6-13(7-8)9(4-2)10(11)12-14/h8-9,14H,3-7H2,1-2H3,(H2,11,12). The molecule has 1 fully saturated rings. The van der Waals surface area contributed by atoms with Crippen LogP contribution in [0.4, 0.5) is 0 Å². The number of amidine groups is 1. The van der Waals surface area contributed by atoms with Gasteiger partial charge in [-0.1, -0.05) is 25.4 Å². The highest BCUT2D eigenvalue weighted by atomic mass is 16.4. The zero-order chi connectivity index (χ0) is 10.6. The molecular weight excluding hydrogens is 178 g/mol. The van der Waals surface area contributed by atoms with Crippen molar-refractivity contribution in [3.05, 3.63) is 0 Å². The fourth-order valence-corrected chi connectivity index (χ4v) is 2.20. The van der Waals surface area contributed by atoms with Crippen LogP contribution in [0.2, 0.25) is 0 Å². The molecule has 2 unspecified atom stereocenters. The zero-order valence-corrected chi connectivity index (χ0v) is 9.11. The third kappa shape index (κ3) is 2.38. The van der Waals surface area contributed by atoms with Crippen LogP contribution in [0, 0.1) is 5.92 Å². The van der Waals surface area contributed by atoms with E-state index in [1.807, 2.05) is 0 Å². The van der Waals surface area contributed by atoms with E-state index in [1.165, 1.54) is 12.8 Å². The maximum atomic E-state index is 8.66. The summed E-state index contributed by atoms with van der Waals surface area (Å²) in [4.78, 5) is 2.32. The fourth-order valence-electron chi connectivity index (χ4n) is 2.20. The van der Waals surface area contributed by atoms with Crippen LogP contribution in [0.5, 0.6) is 0 Å². The summed E-state index contributed by atoms with van der Waals surface area (Å²) in [6.07, 6.45) is 3.38. The van der Waals surface area contributed by atoms with Crippen LogP contribution in [0.25, 0.3) is 0 Å². The number of hydrogen-bond acceptors (Lipinski definition) is 3. The van der Waals surface area contributed by atoms with Crippen LogP contribution in [-0.4, -0.2) is 35.1 Å². The van der Waals surface area contributed by atoms with Gasteiger partial charge in [0.2, 0.25) is 0 Å². The number of nitrogens with zero attached hydrogens (tertiary/aromatic N) is 2. The molecule has 82 valence electrons. The molecule has 2 atom stereocenters. The number of oxime groups is 1. The highest BCUT2D eigenvalue weighted by Gasteiger charge is 2.28. The Balaban J connectivity index is 2.55. The van der Waals surface area contributed by atoms with Gasteiger partial charge in [0.25, 0.3) is 0 Å². The topological polar surface area (TPSA) is 61.8 Å². The maximum absolute atomic E-state index is 8.66. The zero-order valence-electron chi connectivity index (χ0n) is 9.11. The minimum atomic E-state index is 0.122. The number of rotatable bonds is 4. The normalized spacial score (nSPS) is 26.7. The molecule has 0 aromatic heterocycles. The van der Waals surface area contributed by atoms with Gasteiger partial charge in [0.1, 0.15) is 0 Å². The van der Waals surface area contributed by atoms with Gasteiger partial charge in [0.15, 0.2) is 5.84 Å². The van der Waals surface area contributed by atoms with E-state index in [0.29, 0.717) is 5.84 Å². The van der Waals surface area contributed by atoms with Crippen molar-refractivity contribution in [2.75, 3.05) is 13.1 Å². The monoisotopic (exact) mass is 199 g/mol. The van der Waals surface area contributed by atoms with Crippen molar-refractivity contribution in [1.82, 2.24) is 4.90 Å². The molecular formula is C10H21N3O. The summed E-state index contributed by atoms with van der Waals surface area (Å²) in [5.74, 6) is 1.14. The lowest BCUT2D eigenvalue weighted by Gasteiger charge is -2.25. The second-order valence-electron chi connectivity index (χ2n) is 4.01. The van der Waals surface area contributed by atoms with Gasteiger partial charge in [-0.25, -0.2) is 0 Å². The number of likely N-dealkylation sites (tertiary alicyclic amines) is 1. The van der Waals surface area contributed by atoms with E-state index in [-0.39, 0.29) is 6.04 Å². The number of hydrogen-bond donors (Lipinski definition) is 2. The van der Waals surface area contributed by atoms with E-state index in [2.05, 4.69) is 23.9 Å². The average molecular weight is 199 g/mol. The van der Waals surface area contributed by atoms with Crippen molar-refractivity contribution in [3.63, 3.8) is 0 Å². The Morgan fingerprint density at radius 1 is 1.64 bits per heavy atom. The molecule has 0 aromatic rings. The van der Waals surface area contributed by atoms with Gasteiger partial charge in [0, 0.05) is 6.54 Å². The molecule has 1 saturated heterocycles. The molecule has 0 aromatic carbocycles. The van der Waals surface area contributed by atoms with Gasteiger partial charge < -0.3 is 10.9 Å². The van der Waals surface area contributed by atoms with Crippen LogP contribution in [0.15, 0.2) is 5.16 Å². The van der Waals surface area contributed by atoms with E-state index in [9.17, 15) is 0 Å². The second-order valence-corrected chi connectivity index (χ2v) is 4.01. The molecule has 1 aliphatic rings. The summed E-state index contributed by atoms with van der Waals surface area (Å²) in [6.45, 7) is 6.46. The van der Waals surface area contributed by atoms with Crippen LogP contribution in [0.1, 0.15) is 33.1 Å². The van der Waals surface area contributed by atoms with Gasteiger partial charge in [0.05, 0.1) is 6.04 Å². The largest absolute Gasteiger partial charge is 0.409 e. The van der Waals surface area contributed by atoms with Crippen LogP contribution in [-0.2, 0) is 0 Å². The molecule has 0 aliphatic carbocycles. The Hall–Kier alpha value is -0.770. The van der Waals surface area contributed by atoms with Gasteiger partial charge in [-0.05, 0) is 25.3 Å². The Labute approximate surface area is 85.8 Å².